The molecule has 0 N–H and O–H groups in total. The number of carbonyl (C=O) groups excluding carboxylic acids is 3. The van der Waals surface area contributed by atoms with E-state index < -0.39 is 29.9 Å². The van der Waals surface area contributed by atoms with Gasteiger partial charge in [-0.25, -0.2) is 9.69 Å². The Hall–Kier alpha value is -2.37. The second-order valence-corrected chi connectivity index (χ2v) is 5.10. The summed E-state index contributed by atoms with van der Waals surface area (Å²) in [4.78, 5) is 37.0. The van der Waals surface area contributed by atoms with Crippen LogP contribution >= 0.6 is 0 Å². The zero-order valence-corrected chi connectivity index (χ0v) is 12.7. The Balaban J connectivity index is 2.15. The maximum absolute atomic E-state index is 12.4. The predicted octanol–water partition coefficient (Wildman–Crippen LogP) is 2.30. The third-order valence-corrected chi connectivity index (χ3v) is 3.77. The highest BCUT2D eigenvalue weighted by atomic mass is 16.6. The van der Waals surface area contributed by atoms with Crippen molar-refractivity contribution < 1.29 is 23.9 Å². The van der Waals surface area contributed by atoms with E-state index in [2.05, 4.69) is 4.74 Å². The van der Waals surface area contributed by atoms with Crippen molar-refractivity contribution in [1.29, 1.82) is 0 Å². The van der Waals surface area contributed by atoms with Gasteiger partial charge in [-0.1, -0.05) is 37.3 Å². The number of imide groups is 1. The highest BCUT2D eigenvalue weighted by Crippen LogP contribution is 2.29. The van der Waals surface area contributed by atoms with Gasteiger partial charge in [-0.15, -0.1) is 0 Å². The smallest absolute Gasteiger partial charge is 0.417 e. The van der Waals surface area contributed by atoms with Crippen LogP contribution in [0.25, 0.3) is 0 Å². The fourth-order valence-electron chi connectivity index (χ4n) is 2.49. The van der Waals surface area contributed by atoms with Crippen LogP contribution < -0.4 is 0 Å². The first kappa shape index (κ1) is 16.0. The summed E-state index contributed by atoms with van der Waals surface area (Å²) in [5.74, 6) is -1.42. The van der Waals surface area contributed by atoms with Crippen molar-refractivity contribution in [2.24, 2.45) is 5.92 Å². The van der Waals surface area contributed by atoms with Gasteiger partial charge in [0.25, 0.3) is 0 Å². The fraction of sp³-hybridized carbons (Fsp3) is 0.438. The highest BCUT2D eigenvalue weighted by molar-refractivity contribution is 5.95. The summed E-state index contributed by atoms with van der Waals surface area (Å²) < 4.78 is 9.68. The Labute approximate surface area is 129 Å². The van der Waals surface area contributed by atoms with Gasteiger partial charge in [-0.3, -0.25) is 9.59 Å². The lowest BCUT2D eigenvalue weighted by Gasteiger charge is -2.21. The van der Waals surface area contributed by atoms with Crippen molar-refractivity contribution >= 4 is 18.0 Å². The van der Waals surface area contributed by atoms with Crippen LogP contribution in [0.4, 0.5) is 4.79 Å². The monoisotopic (exact) mass is 305 g/mol. The van der Waals surface area contributed by atoms with E-state index in [9.17, 15) is 14.4 Å². The van der Waals surface area contributed by atoms with E-state index in [-0.39, 0.29) is 13.0 Å². The molecule has 1 fully saturated rings. The molecule has 6 nitrogen and oxygen atoms in total. The van der Waals surface area contributed by atoms with E-state index in [0.717, 1.165) is 10.5 Å². The van der Waals surface area contributed by atoms with Gasteiger partial charge < -0.3 is 9.47 Å². The Morgan fingerprint density at radius 3 is 2.64 bits per heavy atom. The van der Waals surface area contributed by atoms with E-state index in [0.29, 0.717) is 6.42 Å². The van der Waals surface area contributed by atoms with Crippen molar-refractivity contribution in [2.45, 2.75) is 25.8 Å². The van der Waals surface area contributed by atoms with E-state index in [1.54, 1.807) is 6.92 Å². The molecule has 118 valence electrons. The minimum absolute atomic E-state index is 0.0679. The minimum Gasteiger partial charge on any atom is -0.469 e. The fourth-order valence-corrected chi connectivity index (χ4v) is 2.49. The second-order valence-electron chi connectivity index (χ2n) is 5.10. The number of amides is 2. The number of hydrogen-bond acceptors (Lipinski definition) is 5. The Morgan fingerprint density at radius 1 is 1.36 bits per heavy atom. The SMILES string of the molecule is CC[C@@H](CC(=O)N1C(=O)OC[C@H]1c1ccccc1)C(=O)OC. The topological polar surface area (TPSA) is 72.9 Å². The van der Waals surface area contributed by atoms with E-state index in [1.165, 1.54) is 7.11 Å². The van der Waals surface area contributed by atoms with Gasteiger partial charge in [0.2, 0.25) is 5.91 Å². The number of hydrogen-bond donors (Lipinski definition) is 0. The molecular weight excluding hydrogens is 286 g/mol. The first-order valence-electron chi connectivity index (χ1n) is 7.20. The van der Waals surface area contributed by atoms with Gasteiger partial charge in [-0.05, 0) is 12.0 Å². The van der Waals surface area contributed by atoms with Crippen molar-refractivity contribution in [3.05, 3.63) is 35.9 Å². The molecule has 0 radical (unpaired) electrons. The molecule has 0 bridgehead atoms. The standard InChI is InChI=1S/C16H19NO5/c1-3-11(15(19)21-2)9-14(18)17-13(10-22-16(17)20)12-7-5-4-6-8-12/h4-8,11,13H,3,9-10H2,1-2H3/t11-,13-/m0/s1. The van der Waals surface area contributed by atoms with Crippen LogP contribution in [0, 0.1) is 5.92 Å². The molecule has 0 unspecified atom stereocenters. The van der Waals surface area contributed by atoms with Crippen LogP contribution in [0.2, 0.25) is 0 Å². The summed E-state index contributed by atoms with van der Waals surface area (Å²) in [5, 5.41) is 0. The molecule has 2 rings (SSSR count). The van der Waals surface area contributed by atoms with E-state index >= 15 is 0 Å². The Morgan fingerprint density at radius 2 is 2.05 bits per heavy atom. The highest BCUT2D eigenvalue weighted by Gasteiger charge is 2.39. The number of rotatable bonds is 5. The summed E-state index contributed by atoms with van der Waals surface area (Å²) >= 11 is 0. The van der Waals surface area contributed by atoms with Crippen LogP contribution in [-0.4, -0.2) is 36.6 Å². The normalized spacial score (nSPS) is 18.7. The quantitative estimate of drug-likeness (QED) is 0.780. The second kappa shape index (κ2) is 7.06. The summed E-state index contributed by atoms with van der Waals surface area (Å²) in [6.45, 7) is 1.93. The Kier molecular flexibility index (Phi) is 5.14. The predicted molar refractivity (Wildman–Crippen MR) is 77.8 cm³/mol. The average molecular weight is 305 g/mol. The third kappa shape index (κ3) is 3.27. The maximum atomic E-state index is 12.4. The van der Waals surface area contributed by atoms with Crippen molar-refractivity contribution in [1.82, 2.24) is 4.90 Å². The summed E-state index contributed by atoms with van der Waals surface area (Å²) in [6.07, 6.45) is -0.266. The van der Waals surface area contributed by atoms with Crippen LogP contribution in [0.1, 0.15) is 31.4 Å². The molecule has 2 atom stereocenters. The number of methoxy groups -OCH3 is 1. The van der Waals surface area contributed by atoms with Gasteiger partial charge in [-0.2, -0.15) is 0 Å². The van der Waals surface area contributed by atoms with Gasteiger partial charge >= 0.3 is 12.1 Å². The van der Waals surface area contributed by atoms with Crippen molar-refractivity contribution in [3.8, 4) is 0 Å². The zero-order chi connectivity index (χ0) is 16.1. The number of esters is 1. The molecular formula is C16H19NO5. The first-order chi connectivity index (χ1) is 10.6. The van der Waals surface area contributed by atoms with Gasteiger partial charge in [0, 0.05) is 6.42 Å². The maximum Gasteiger partial charge on any atom is 0.417 e. The van der Waals surface area contributed by atoms with Crippen LogP contribution in [0.3, 0.4) is 0 Å². The van der Waals surface area contributed by atoms with Crippen LogP contribution in [-0.2, 0) is 19.1 Å². The number of cyclic esters (lactones) is 1. The molecule has 2 amide bonds. The third-order valence-electron chi connectivity index (χ3n) is 3.77. The lowest BCUT2D eigenvalue weighted by Crippen LogP contribution is -2.36. The molecule has 1 aliphatic heterocycles. The summed E-state index contributed by atoms with van der Waals surface area (Å²) in [7, 11) is 1.28. The minimum atomic E-state index is -0.668. The molecule has 1 aromatic rings. The molecule has 1 aliphatic rings. The number of ether oxygens (including phenoxy) is 2. The lowest BCUT2D eigenvalue weighted by atomic mass is 10.0. The van der Waals surface area contributed by atoms with Gasteiger partial charge in [0.1, 0.15) is 12.6 Å². The molecule has 0 aromatic heterocycles. The van der Waals surface area contributed by atoms with E-state index in [4.69, 9.17) is 4.74 Å². The van der Waals surface area contributed by atoms with E-state index in [1.807, 2.05) is 30.3 Å². The van der Waals surface area contributed by atoms with Crippen molar-refractivity contribution in [2.75, 3.05) is 13.7 Å². The average Bonchev–Trinajstić information content (AvgIpc) is 2.94. The zero-order valence-electron chi connectivity index (χ0n) is 12.7. The lowest BCUT2D eigenvalue weighted by molar-refractivity contribution is -0.148. The number of carbonyl (C=O) groups is 3. The molecule has 0 saturated carbocycles. The number of benzene rings is 1. The van der Waals surface area contributed by atoms with Crippen LogP contribution in [0.15, 0.2) is 30.3 Å². The van der Waals surface area contributed by atoms with Gasteiger partial charge in [0.05, 0.1) is 13.0 Å². The molecule has 22 heavy (non-hydrogen) atoms. The number of nitrogens with zero attached hydrogens (tertiary/aromatic N) is 1. The summed E-state index contributed by atoms with van der Waals surface area (Å²) in [6, 6.07) is 8.76. The first-order valence-corrected chi connectivity index (χ1v) is 7.20. The largest absolute Gasteiger partial charge is 0.469 e. The molecule has 1 heterocycles. The Bertz CT molecular complexity index is 557. The van der Waals surface area contributed by atoms with Gasteiger partial charge in [0.15, 0.2) is 0 Å². The molecule has 1 aromatic carbocycles. The molecule has 0 aliphatic carbocycles. The van der Waals surface area contributed by atoms with Crippen molar-refractivity contribution in [3.63, 3.8) is 0 Å². The molecule has 1 saturated heterocycles. The molecule has 6 heteroatoms. The molecule has 0 spiro atoms. The summed E-state index contributed by atoms with van der Waals surface area (Å²) in [5.41, 5.74) is 0.827. The van der Waals surface area contributed by atoms with Crippen LogP contribution in [0.5, 0.6) is 0 Å².